The topological polar surface area (TPSA) is 18.5 Å². The van der Waals surface area contributed by atoms with Crippen molar-refractivity contribution in [3.8, 4) is 11.5 Å². The molecule has 2 aliphatic heterocycles. The number of ether oxygens (including phenoxy) is 2. The van der Waals surface area contributed by atoms with Crippen LogP contribution in [0.3, 0.4) is 0 Å². The molecule has 4 atom stereocenters. The Bertz CT molecular complexity index is 990. The van der Waals surface area contributed by atoms with Crippen molar-refractivity contribution in [1.82, 2.24) is 0 Å². The van der Waals surface area contributed by atoms with E-state index in [0.717, 1.165) is 50.0 Å². The van der Waals surface area contributed by atoms with E-state index in [1.165, 1.54) is 11.1 Å². The lowest BCUT2D eigenvalue weighted by Crippen LogP contribution is -2.49. The molecule has 2 aromatic rings. The van der Waals surface area contributed by atoms with Gasteiger partial charge in [-0.15, -0.1) is 0 Å². The number of fused-ring (bicyclic) bond motifs is 4. The lowest BCUT2D eigenvalue weighted by molar-refractivity contribution is -0.0357. The largest absolute Gasteiger partial charge is 0.487 e. The van der Waals surface area contributed by atoms with Crippen LogP contribution in [0, 0.1) is 17.3 Å². The Balaban J connectivity index is 1.52. The molecule has 0 N–H and O–H groups in total. The Hall–Kier alpha value is -2.22. The zero-order valence-electron chi connectivity index (χ0n) is 19.5. The molecule has 3 aliphatic rings. The van der Waals surface area contributed by atoms with Gasteiger partial charge in [-0.2, -0.15) is 0 Å². The summed E-state index contributed by atoms with van der Waals surface area (Å²) in [4.78, 5) is 0. The van der Waals surface area contributed by atoms with Crippen LogP contribution in [-0.2, 0) is 12.8 Å². The average molecular weight is 417 g/mol. The summed E-state index contributed by atoms with van der Waals surface area (Å²) in [6, 6.07) is 17.2. The lowest BCUT2D eigenvalue weighted by Gasteiger charge is -2.47. The Morgan fingerprint density at radius 2 is 1.32 bits per heavy atom. The highest BCUT2D eigenvalue weighted by molar-refractivity contribution is 5.38. The first kappa shape index (κ1) is 20.7. The van der Waals surface area contributed by atoms with Gasteiger partial charge in [-0.25, -0.2) is 0 Å². The van der Waals surface area contributed by atoms with Gasteiger partial charge in [-0.05, 0) is 74.6 Å². The van der Waals surface area contributed by atoms with Crippen molar-refractivity contribution in [2.24, 2.45) is 17.3 Å². The molecule has 0 fully saturated rings. The maximum atomic E-state index is 6.81. The van der Waals surface area contributed by atoms with Crippen LogP contribution in [0.25, 0.3) is 0 Å². The maximum Gasteiger partial charge on any atom is 0.123 e. The summed E-state index contributed by atoms with van der Waals surface area (Å²) in [7, 11) is 0. The van der Waals surface area contributed by atoms with Crippen molar-refractivity contribution in [3.05, 3.63) is 71.8 Å². The van der Waals surface area contributed by atoms with Crippen molar-refractivity contribution in [3.63, 3.8) is 0 Å². The smallest absolute Gasteiger partial charge is 0.123 e. The summed E-state index contributed by atoms with van der Waals surface area (Å²) in [6.45, 7) is 9.43. The molecular weight excluding hydrogens is 380 g/mol. The van der Waals surface area contributed by atoms with E-state index in [1.54, 1.807) is 0 Å². The number of hydrogen-bond acceptors (Lipinski definition) is 2. The molecule has 1 aliphatic carbocycles. The van der Waals surface area contributed by atoms with Crippen LogP contribution in [0.15, 0.2) is 60.7 Å². The third kappa shape index (κ3) is 3.90. The summed E-state index contributed by atoms with van der Waals surface area (Å²) >= 11 is 0. The van der Waals surface area contributed by atoms with Crippen LogP contribution >= 0.6 is 0 Å². The molecule has 0 bridgehead atoms. The van der Waals surface area contributed by atoms with Crippen molar-refractivity contribution in [2.45, 2.75) is 77.4 Å². The first-order valence-electron chi connectivity index (χ1n) is 12.0. The highest BCUT2D eigenvalue weighted by Crippen LogP contribution is 2.48. The van der Waals surface area contributed by atoms with Gasteiger partial charge in [0.1, 0.15) is 22.7 Å². The van der Waals surface area contributed by atoms with Crippen LogP contribution in [-0.4, -0.2) is 11.2 Å². The Labute approximate surface area is 187 Å². The van der Waals surface area contributed by atoms with E-state index >= 15 is 0 Å². The molecule has 164 valence electrons. The zero-order chi connectivity index (χ0) is 21.7. The number of rotatable bonds is 0. The summed E-state index contributed by atoms with van der Waals surface area (Å²) in [5.74, 6) is 3.13. The van der Waals surface area contributed by atoms with Crippen molar-refractivity contribution in [2.75, 3.05) is 0 Å². The van der Waals surface area contributed by atoms with Crippen molar-refractivity contribution < 1.29 is 9.47 Å². The summed E-state index contributed by atoms with van der Waals surface area (Å²) in [5.41, 5.74) is 2.51. The first-order valence-corrected chi connectivity index (χ1v) is 12.0. The maximum absolute atomic E-state index is 6.81. The standard InChI is InChI=1S/C29H36O2/c1-27(2)15-9-16-28(3)23(18-21-10-5-7-12-25(21)30-28)14-17-29(4)24(20-27)19-22-11-6-8-13-26(22)31-29/h5-13,15,23-24H,14,16-20H2,1-4H3. The number of allylic oxidation sites excluding steroid dienone is 1. The fourth-order valence-corrected chi connectivity index (χ4v) is 6.11. The van der Waals surface area contributed by atoms with Gasteiger partial charge in [0, 0.05) is 18.3 Å². The van der Waals surface area contributed by atoms with Gasteiger partial charge < -0.3 is 9.47 Å². The highest BCUT2D eigenvalue weighted by Gasteiger charge is 2.46. The van der Waals surface area contributed by atoms with Crippen LogP contribution in [0.5, 0.6) is 11.5 Å². The molecule has 2 heteroatoms. The molecule has 0 spiro atoms. The van der Waals surface area contributed by atoms with Gasteiger partial charge in [0.05, 0.1) is 0 Å². The van der Waals surface area contributed by atoms with Gasteiger partial charge >= 0.3 is 0 Å². The normalized spacial score (nSPS) is 33.9. The average Bonchev–Trinajstić information content (AvgIpc) is 2.73. The summed E-state index contributed by atoms with van der Waals surface area (Å²) in [6.07, 6.45) is 11.3. The van der Waals surface area contributed by atoms with Crippen LogP contribution in [0.1, 0.15) is 64.5 Å². The van der Waals surface area contributed by atoms with Gasteiger partial charge in [0.15, 0.2) is 0 Å². The molecule has 0 saturated heterocycles. The minimum atomic E-state index is -0.177. The quantitative estimate of drug-likeness (QED) is 0.424. The van der Waals surface area contributed by atoms with E-state index in [4.69, 9.17) is 9.47 Å². The Kier molecular flexibility index (Phi) is 4.95. The first-order chi connectivity index (χ1) is 14.8. The van der Waals surface area contributed by atoms with Crippen molar-refractivity contribution >= 4 is 0 Å². The molecule has 2 aromatic carbocycles. The van der Waals surface area contributed by atoms with Crippen LogP contribution in [0.4, 0.5) is 0 Å². The summed E-state index contributed by atoms with van der Waals surface area (Å²) < 4.78 is 13.5. The third-order valence-electron chi connectivity index (χ3n) is 8.15. The third-order valence-corrected chi connectivity index (χ3v) is 8.15. The molecule has 2 heterocycles. The number of para-hydroxylation sites is 2. The van der Waals surface area contributed by atoms with E-state index in [-0.39, 0.29) is 16.6 Å². The predicted octanol–water partition coefficient (Wildman–Crippen LogP) is 7.16. The molecule has 5 rings (SSSR count). The van der Waals surface area contributed by atoms with E-state index in [2.05, 4.69) is 88.4 Å². The van der Waals surface area contributed by atoms with E-state index in [9.17, 15) is 0 Å². The van der Waals surface area contributed by atoms with Crippen LogP contribution in [0.2, 0.25) is 0 Å². The Morgan fingerprint density at radius 3 is 2.00 bits per heavy atom. The number of benzene rings is 2. The number of hydrogen-bond donors (Lipinski definition) is 0. The molecular formula is C29H36O2. The molecule has 0 radical (unpaired) electrons. The minimum absolute atomic E-state index is 0.129. The van der Waals surface area contributed by atoms with Gasteiger partial charge in [-0.3, -0.25) is 0 Å². The summed E-state index contributed by atoms with van der Waals surface area (Å²) in [5, 5.41) is 0. The molecule has 0 aromatic heterocycles. The monoisotopic (exact) mass is 416 g/mol. The van der Waals surface area contributed by atoms with Gasteiger partial charge in [-0.1, -0.05) is 62.4 Å². The Morgan fingerprint density at radius 1 is 0.742 bits per heavy atom. The SMILES string of the molecule is CC1(C)C=CCC2(C)Oc3ccccc3CC2CCC2(C)Oc3ccccc3CC2C1. The van der Waals surface area contributed by atoms with E-state index in [1.807, 2.05) is 0 Å². The molecule has 31 heavy (non-hydrogen) atoms. The van der Waals surface area contributed by atoms with E-state index in [0.29, 0.717) is 11.8 Å². The molecule has 0 saturated carbocycles. The fraction of sp³-hybridized carbons (Fsp3) is 0.517. The molecule has 2 nitrogen and oxygen atoms in total. The second-order valence-corrected chi connectivity index (χ2v) is 11.2. The van der Waals surface area contributed by atoms with Gasteiger partial charge in [0.2, 0.25) is 0 Å². The zero-order valence-corrected chi connectivity index (χ0v) is 19.5. The van der Waals surface area contributed by atoms with Crippen LogP contribution < -0.4 is 9.47 Å². The van der Waals surface area contributed by atoms with E-state index < -0.39 is 0 Å². The molecule has 4 unspecified atom stereocenters. The second-order valence-electron chi connectivity index (χ2n) is 11.2. The van der Waals surface area contributed by atoms with Crippen molar-refractivity contribution in [1.29, 1.82) is 0 Å². The minimum Gasteiger partial charge on any atom is -0.487 e. The predicted molar refractivity (Wildman–Crippen MR) is 127 cm³/mol. The second kappa shape index (κ2) is 7.43. The lowest BCUT2D eigenvalue weighted by atomic mass is 9.69. The molecule has 0 amide bonds. The van der Waals surface area contributed by atoms with Gasteiger partial charge in [0.25, 0.3) is 0 Å². The highest BCUT2D eigenvalue weighted by atomic mass is 16.5. The fourth-order valence-electron chi connectivity index (χ4n) is 6.11.